The van der Waals surface area contributed by atoms with E-state index in [2.05, 4.69) is 23.5 Å². The van der Waals surface area contributed by atoms with Gasteiger partial charge in [-0.25, -0.2) is 4.79 Å². The number of aryl methyl sites for hydroxylation is 2. The van der Waals surface area contributed by atoms with Gasteiger partial charge >= 0.3 is 5.97 Å². The van der Waals surface area contributed by atoms with Crippen LogP contribution in [0.1, 0.15) is 42.0 Å². The molecule has 2 aliphatic carbocycles. The maximum Gasteiger partial charge on any atom is 0.327 e. The SMILES string of the molecule is COC(=O)C(NC1CC1)c1ccc2c(c1)CCC2. The Bertz CT molecular complexity index is 466. The molecule has 0 saturated heterocycles. The highest BCUT2D eigenvalue weighted by Gasteiger charge is 2.30. The summed E-state index contributed by atoms with van der Waals surface area (Å²) in [5.74, 6) is -0.181. The third kappa shape index (κ3) is 2.27. The standard InChI is InChI=1S/C15H19NO2/c1-18-15(17)14(16-13-7-8-13)12-6-5-10-3-2-4-11(10)9-12/h5-6,9,13-14,16H,2-4,7-8H2,1H3. The van der Waals surface area contributed by atoms with Gasteiger partial charge in [0.2, 0.25) is 0 Å². The lowest BCUT2D eigenvalue weighted by molar-refractivity contribution is -0.143. The first-order chi connectivity index (χ1) is 8.78. The Hall–Kier alpha value is -1.35. The van der Waals surface area contributed by atoms with Gasteiger partial charge in [-0.05, 0) is 48.8 Å². The van der Waals surface area contributed by atoms with Crippen LogP contribution in [0.3, 0.4) is 0 Å². The molecule has 3 rings (SSSR count). The van der Waals surface area contributed by atoms with Crippen LogP contribution in [0.25, 0.3) is 0 Å². The quantitative estimate of drug-likeness (QED) is 0.826. The summed E-state index contributed by atoms with van der Waals surface area (Å²) in [5.41, 5.74) is 3.89. The Balaban J connectivity index is 1.86. The van der Waals surface area contributed by atoms with Gasteiger partial charge in [-0.3, -0.25) is 5.32 Å². The molecule has 0 amide bonds. The molecule has 0 spiro atoms. The van der Waals surface area contributed by atoms with Gasteiger partial charge in [0.25, 0.3) is 0 Å². The summed E-state index contributed by atoms with van der Waals surface area (Å²) in [6, 6.07) is 6.61. The van der Waals surface area contributed by atoms with Crippen LogP contribution in [0.4, 0.5) is 0 Å². The third-order valence-corrected chi connectivity index (χ3v) is 3.87. The van der Waals surface area contributed by atoms with Gasteiger partial charge in [0.05, 0.1) is 7.11 Å². The van der Waals surface area contributed by atoms with Crippen LogP contribution in [-0.2, 0) is 22.4 Å². The van der Waals surface area contributed by atoms with E-state index >= 15 is 0 Å². The summed E-state index contributed by atoms with van der Waals surface area (Å²) >= 11 is 0. The molecular formula is C15H19NO2. The van der Waals surface area contributed by atoms with Crippen LogP contribution in [0.2, 0.25) is 0 Å². The number of benzene rings is 1. The van der Waals surface area contributed by atoms with Crippen molar-refractivity contribution in [1.29, 1.82) is 0 Å². The Labute approximate surface area is 108 Å². The van der Waals surface area contributed by atoms with Crippen molar-refractivity contribution in [3.05, 3.63) is 34.9 Å². The number of carbonyl (C=O) groups excluding carboxylic acids is 1. The van der Waals surface area contributed by atoms with Crippen LogP contribution in [0.15, 0.2) is 18.2 Å². The molecular weight excluding hydrogens is 226 g/mol. The second-order valence-electron chi connectivity index (χ2n) is 5.28. The molecule has 1 saturated carbocycles. The number of fused-ring (bicyclic) bond motifs is 1. The van der Waals surface area contributed by atoms with E-state index in [1.54, 1.807) is 0 Å². The minimum Gasteiger partial charge on any atom is -0.468 e. The highest BCUT2D eigenvalue weighted by Crippen LogP contribution is 2.28. The van der Waals surface area contributed by atoms with Crippen LogP contribution in [0, 0.1) is 0 Å². The molecule has 0 aliphatic heterocycles. The molecule has 18 heavy (non-hydrogen) atoms. The second kappa shape index (κ2) is 4.73. The summed E-state index contributed by atoms with van der Waals surface area (Å²) in [4.78, 5) is 11.9. The molecule has 1 aromatic carbocycles. The van der Waals surface area contributed by atoms with Crippen LogP contribution in [0.5, 0.6) is 0 Å². The van der Waals surface area contributed by atoms with Crippen LogP contribution < -0.4 is 5.32 Å². The predicted octanol–water partition coefficient (Wildman–Crippen LogP) is 2.14. The van der Waals surface area contributed by atoms with Gasteiger partial charge in [0.1, 0.15) is 6.04 Å². The van der Waals surface area contributed by atoms with E-state index < -0.39 is 0 Å². The number of methoxy groups -OCH3 is 1. The molecule has 96 valence electrons. The van der Waals surface area contributed by atoms with Gasteiger partial charge in [-0.1, -0.05) is 18.2 Å². The average Bonchev–Trinajstić information content (AvgIpc) is 3.10. The normalized spacial score (nSPS) is 19.4. The van der Waals surface area contributed by atoms with Gasteiger partial charge in [0, 0.05) is 6.04 Å². The molecule has 3 heteroatoms. The van der Waals surface area contributed by atoms with Crippen LogP contribution >= 0.6 is 0 Å². The van der Waals surface area contributed by atoms with Crippen molar-refractivity contribution in [2.24, 2.45) is 0 Å². The molecule has 1 unspecified atom stereocenters. The fourth-order valence-corrected chi connectivity index (χ4v) is 2.68. The van der Waals surface area contributed by atoms with Gasteiger partial charge in [0.15, 0.2) is 0 Å². The molecule has 1 N–H and O–H groups in total. The first kappa shape index (κ1) is 11.7. The van der Waals surface area contributed by atoms with Gasteiger partial charge < -0.3 is 4.74 Å². The van der Waals surface area contributed by atoms with Crippen molar-refractivity contribution >= 4 is 5.97 Å². The lowest BCUT2D eigenvalue weighted by atomic mass is 10.0. The molecule has 0 radical (unpaired) electrons. The van der Waals surface area contributed by atoms with Crippen molar-refractivity contribution < 1.29 is 9.53 Å². The molecule has 1 fully saturated rings. The fourth-order valence-electron chi connectivity index (χ4n) is 2.68. The van der Waals surface area contributed by atoms with Crippen molar-refractivity contribution in [2.45, 2.75) is 44.2 Å². The molecule has 1 atom stereocenters. The molecule has 0 heterocycles. The zero-order valence-electron chi connectivity index (χ0n) is 10.7. The molecule has 3 nitrogen and oxygen atoms in total. The number of ether oxygens (including phenoxy) is 1. The Morgan fingerprint density at radius 3 is 2.83 bits per heavy atom. The Morgan fingerprint density at radius 1 is 1.33 bits per heavy atom. The van der Waals surface area contributed by atoms with Crippen molar-refractivity contribution in [3.63, 3.8) is 0 Å². The molecule has 0 aromatic heterocycles. The van der Waals surface area contributed by atoms with E-state index in [-0.39, 0.29) is 12.0 Å². The summed E-state index contributed by atoms with van der Waals surface area (Å²) < 4.78 is 4.91. The van der Waals surface area contributed by atoms with Gasteiger partial charge in [-0.15, -0.1) is 0 Å². The zero-order valence-corrected chi connectivity index (χ0v) is 10.7. The lowest BCUT2D eigenvalue weighted by Gasteiger charge is -2.17. The zero-order chi connectivity index (χ0) is 12.5. The maximum absolute atomic E-state index is 11.9. The topological polar surface area (TPSA) is 38.3 Å². The van der Waals surface area contributed by atoms with Crippen molar-refractivity contribution in [2.75, 3.05) is 7.11 Å². The number of hydrogen-bond donors (Lipinski definition) is 1. The summed E-state index contributed by atoms with van der Waals surface area (Å²) in [6.07, 6.45) is 5.88. The smallest absolute Gasteiger partial charge is 0.327 e. The Kier molecular flexibility index (Phi) is 3.08. The van der Waals surface area contributed by atoms with Gasteiger partial charge in [-0.2, -0.15) is 0 Å². The lowest BCUT2D eigenvalue weighted by Crippen LogP contribution is -2.31. The summed E-state index contributed by atoms with van der Waals surface area (Å²) in [7, 11) is 1.46. The highest BCUT2D eigenvalue weighted by atomic mass is 16.5. The minimum absolute atomic E-state index is 0.181. The van der Waals surface area contributed by atoms with E-state index in [4.69, 9.17) is 4.74 Å². The van der Waals surface area contributed by atoms with E-state index in [1.807, 2.05) is 0 Å². The van der Waals surface area contributed by atoms with Crippen molar-refractivity contribution in [1.82, 2.24) is 5.32 Å². The minimum atomic E-state index is -0.298. The number of nitrogens with one attached hydrogen (secondary N) is 1. The Morgan fingerprint density at radius 2 is 2.11 bits per heavy atom. The van der Waals surface area contributed by atoms with E-state index in [9.17, 15) is 4.79 Å². The highest BCUT2D eigenvalue weighted by molar-refractivity contribution is 5.77. The largest absolute Gasteiger partial charge is 0.468 e. The number of carbonyl (C=O) groups is 1. The first-order valence-electron chi connectivity index (χ1n) is 6.73. The second-order valence-corrected chi connectivity index (χ2v) is 5.28. The monoisotopic (exact) mass is 245 g/mol. The predicted molar refractivity (Wildman–Crippen MR) is 69.4 cm³/mol. The summed E-state index contributed by atoms with van der Waals surface area (Å²) in [5, 5.41) is 3.37. The van der Waals surface area contributed by atoms with E-state index in [1.165, 1.54) is 43.9 Å². The van der Waals surface area contributed by atoms with Crippen molar-refractivity contribution in [3.8, 4) is 0 Å². The van der Waals surface area contributed by atoms with E-state index in [0.717, 1.165) is 12.0 Å². The van der Waals surface area contributed by atoms with E-state index in [0.29, 0.717) is 6.04 Å². The number of hydrogen-bond acceptors (Lipinski definition) is 3. The maximum atomic E-state index is 11.9. The first-order valence-corrected chi connectivity index (χ1v) is 6.73. The molecule has 2 aliphatic rings. The van der Waals surface area contributed by atoms with Crippen LogP contribution in [-0.4, -0.2) is 19.1 Å². The number of esters is 1. The number of rotatable bonds is 4. The fraction of sp³-hybridized carbons (Fsp3) is 0.533. The summed E-state index contributed by atoms with van der Waals surface area (Å²) in [6.45, 7) is 0. The molecule has 0 bridgehead atoms. The molecule has 1 aromatic rings. The third-order valence-electron chi connectivity index (χ3n) is 3.87. The average molecular weight is 245 g/mol.